The number of benzene rings is 1. The van der Waals surface area contributed by atoms with Crippen LogP contribution in [0, 0.1) is 6.92 Å². The Labute approximate surface area is 129 Å². The van der Waals surface area contributed by atoms with Gasteiger partial charge in [-0.2, -0.15) is 8.42 Å². The van der Waals surface area contributed by atoms with Gasteiger partial charge in [0.25, 0.3) is 10.0 Å². The highest BCUT2D eigenvalue weighted by atomic mass is 35.5. The van der Waals surface area contributed by atoms with E-state index in [-0.39, 0.29) is 4.90 Å². The van der Waals surface area contributed by atoms with Crippen LogP contribution in [-0.4, -0.2) is 13.6 Å². The molecule has 0 amide bonds. The Kier molecular flexibility index (Phi) is 3.53. The summed E-state index contributed by atoms with van der Waals surface area (Å²) in [7, 11) is -3.67. The Balaban J connectivity index is 1.93. The van der Waals surface area contributed by atoms with Crippen LogP contribution >= 0.6 is 34.7 Å². The van der Waals surface area contributed by atoms with E-state index >= 15 is 0 Å². The van der Waals surface area contributed by atoms with Crippen molar-refractivity contribution >= 4 is 55.6 Å². The van der Waals surface area contributed by atoms with E-state index in [1.807, 2.05) is 31.2 Å². The van der Waals surface area contributed by atoms with Gasteiger partial charge in [-0.25, -0.2) is 0 Å². The Bertz CT molecular complexity index is 795. The largest absolute Gasteiger partial charge is 0.334 e. The van der Waals surface area contributed by atoms with Crippen LogP contribution in [0.5, 0.6) is 0 Å². The van der Waals surface area contributed by atoms with E-state index in [0.29, 0.717) is 13.7 Å². The van der Waals surface area contributed by atoms with Crippen LogP contribution in [0.4, 0.5) is 5.69 Å². The smallest absolute Gasteiger partial charge is 0.286 e. The molecular formula is C12H9ClN2O2S3. The van der Waals surface area contributed by atoms with Crippen molar-refractivity contribution in [1.29, 1.82) is 0 Å². The van der Waals surface area contributed by atoms with Gasteiger partial charge in [0, 0.05) is 5.69 Å². The van der Waals surface area contributed by atoms with E-state index < -0.39 is 10.0 Å². The van der Waals surface area contributed by atoms with E-state index in [1.54, 1.807) is 0 Å². The summed E-state index contributed by atoms with van der Waals surface area (Å²) in [6, 6.07) is 9.08. The van der Waals surface area contributed by atoms with Gasteiger partial charge in [-0.15, -0.1) is 15.7 Å². The number of anilines is 1. The molecule has 0 spiro atoms. The van der Waals surface area contributed by atoms with Gasteiger partial charge in [0.15, 0.2) is 5.17 Å². The molecule has 4 nitrogen and oxygen atoms in total. The molecule has 1 aliphatic rings. The second kappa shape index (κ2) is 5.07. The molecular weight excluding hydrogens is 336 g/mol. The zero-order valence-corrected chi connectivity index (χ0v) is 13.5. The van der Waals surface area contributed by atoms with E-state index in [1.165, 1.54) is 29.2 Å². The summed E-state index contributed by atoms with van der Waals surface area (Å²) in [5, 5.41) is 3.34. The van der Waals surface area contributed by atoms with Crippen LogP contribution in [0.15, 0.2) is 43.8 Å². The number of thiophene rings is 1. The Hall–Kier alpha value is -1.02. The van der Waals surface area contributed by atoms with E-state index in [2.05, 4.69) is 9.71 Å². The molecule has 0 unspecified atom stereocenters. The lowest BCUT2D eigenvalue weighted by Crippen LogP contribution is -2.14. The number of hydrogen-bond acceptors (Lipinski definition) is 5. The fourth-order valence-electron chi connectivity index (χ4n) is 1.65. The quantitative estimate of drug-likeness (QED) is 0.850. The monoisotopic (exact) mass is 344 g/mol. The topological polar surface area (TPSA) is 58.5 Å². The summed E-state index contributed by atoms with van der Waals surface area (Å²) in [6.07, 6.45) is 0. The molecule has 20 heavy (non-hydrogen) atoms. The third-order valence-electron chi connectivity index (χ3n) is 2.61. The molecule has 0 radical (unpaired) electrons. The van der Waals surface area contributed by atoms with Crippen molar-refractivity contribution in [3.05, 3.63) is 40.2 Å². The lowest BCUT2D eigenvalue weighted by atomic mass is 10.2. The maximum Gasteiger partial charge on any atom is 0.286 e. The number of nitrogens with zero attached hydrogens (tertiary/aromatic N) is 1. The maximum atomic E-state index is 12.0. The second-order valence-electron chi connectivity index (χ2n) is 4.17. The second-order valence-corrected chi connectivity index (χ2v) is 8.68. The number of amidine groups is 1. The highest BCUT2D eigenvalue weighted by Gasteiger charge is 2.28. The lowest BCUT2D eigenvalue weighted by molar-refractivity contribution is 0.596. The van der Waals surface area contributed by atoms with Crippen molar-refractivity contribution in [2.75, 3.05) is 5.32 Å². The van der Waals surface area contributed by atoms with Crippen molar-refractivity contribution in [2.24, 2.45) is 4.40 Å². The summed E-state index contributed by atoms with van der Waals surface area (Å²) >= 11 is 8.38. The first-order valence-electron chi connectivity index (χ1n) is 5.60. The molecule has 2 heterocycles. The van der Waals surface area contributed by atoms with Gasteiger partial charge in [-0.05, 0) is 36.9 Å². The molecule has 1 aliphatic heterocycles. The molecule has 1 N–H and O–H groups in total. The maximum absolute atomic E-state index is 12.0. The first-order valence-corrected chi connectivity index (χ1v) is 9.05. The van der Waals surface area contributed by atoms with Gasteiger partial charge in [-0.3, -0.25) is 0 Å². The minimum Gasteiger partial charge on any atom is -0.334 e. The van der Waals surface area contributed by atoms with Crippen LogP contribution in [0.2, 0.25) is 4.34 Å². The van der Waals surface area contributed by atoms with Gasteiger partial charge < -0.3 is 5.32 Å². The normalized spacial score (nSPS) is 16.4. The van der Waals surface area contributed by atoms with Gasteiger partial charge in [0.2, 0.25) is 0 Å². The molecule has 104 valence electrons. The third kappa shape index (κ3) is 2.71. The Morgan fingerprint density at radius 1 is 1.25 bits per heavy atom. The molecule has 3 rings (SSSR count). The van der Waals surface area contributed by atoms with Crippen LogP contribution in [-0.2, 0) is 10.0 Å². The molecule has 0 aliphatic carbocycles. The number of aryl methyl sites for hydroxylation is 1. The minimum absolute atomic E-state index is 0.187. The first kappa shape index (κ1) is 13.9. The van der Waals surface area contributed by atoms with Crippen LogP contribution in [0.25, 0.3) is 0 Å². The average Bonchev–Trinajstić information content (AvgIpc) is 2.73. The molecule has 0 bridgehead atoms. The summed E-state index contributed by atoms with van der Waals surface area (Å²) in [6.45, 7) is 1.99. The standard InChI is InChI=1S/C12H9ClN2O2S3/c1-7-2-4-8(5-3-7)14-12-15-20(16,17)9-6-10(13)18-11(9)19-12/h2-6H,1H3,(H,14,15). The van der Waals surface area contributed by atoms with Crippen LogP contribution < -0.4 is 5.32 Å². The van der Waals surface area contributed by atoms with Crippen molar-refractivity contribution in [3.63, 3.8) is 0 Å². The average molecular weight is 345 g/mol. The molecule has 1 aromatic heterocycles. The summed E-state index contributed by atoms with van der Waals surface area (Å²) in [4.78, 5) is 0.187. The predicted molar refractivity (Wildman–Crippen MR) is 84.6 cm³/mol. The molecule has 0 saturated carbocycles. The molecule has 0 saturated heterocycles. The first-order chi connectivity index (χ1) is 9.44. The van der Waals surface area contributed by atoms with Crippen molar-refractivity contribution in [1.82, 2.24) is 0 Å². The van der Waals surface area contributed by atoms with Crippen LogP contribution in [0.3, 0.4) is 0 Å². The van der Waals surface area contributed by atoms with E-state index in [0.717, 1.165) is 11.3 Å². The molecule has 2 aromatic rings. The zero-order chi connectivity index (χ0) is 14.3. The lowest BCUT2D eigenvalue weighted by Gasteiger charge is -2.13. The molecule has 8 heteroatoms. The fourth-order valence-corrected chi connectivity index (χ4v) is 6.13. The van der Waals surface area contributed by atoms with Gasteiger partial charge in [-0.1, -0.05) is 29.3 Å². The van der Waals surface area contributed by atoms with E-state index in [4.69, 9.17) is 11.6 Å². The van der Waals surface area contributed by atoms with Crippen molar-refractivity contribution in [3.8, 4) is 0 Å². The Morgan fingerprint density at radius 2 is 1.95 bits per heavy atom. The van der Waals surface area contributed by atoms with E-state index in [9.17, 15) is 8.42 Å². The molecule has 1 aromatic carbocycles. The predicted octanol–water partition coefficient (Wildman–Crippen LogP) is 3.97. The number of nitrogens with one attached hydrogen (secondary N) is 1. The fraction of sp³-hybridized carbons (Fsp3) is 0.0833. The molecule has 0 fully saturated rings. The highest BCUT2D eigenvalue weighted by molar-refractivity contribution is 8.17. The summed E-state index contributed by atoms with van der Waals surface area (Å²) in [5.41, 5.74) is 1.93. The number of sulfonamides is 1. The summed E-state index contributed by atoms with van der Waals surface area (Å²) < 4.78 is 29.0. The highest BCUT2D eigenvalue weighted by Crippen LogP contribution is 2.42. The van der Waals surface area contributed by atoms with Gasteiger partial charge in [0.1, 0.15) is 4.90 Å². The van der Waals surface area contributed by atoms with Gasteiger partial charge in [0.05, 0.1) is 8.55 Å². The zero-order valence-electron chi connectivity index (χ0n) is 10.3. The number of rotatable bonds is 1. The van der Waals surface area contributed by atoms with Crippen molar-refractivity contribution < 1.29 is 8.42 Å². The number of fused-ring (bicyclic) bond motifs is 1. The SMILES string of the molecule is Cc1ccc(NC2=NS(=O)(=O)c3cc(Cl)sc3S2)cc1. The Morgan fingerprint density at radius 3 is 2.65 bits per heavy atom. The third-order valence-corrected chi connectivity index (χ3v) is 6.63. The summed E-state index contributed by atoms with van der Waals surface area (Å²) in [5.74, 6) is 0. The number of hydrogen-bond donors (Lipinski definition) is 1. The van der Waals surface area contributed by atoms with Crippen LogP contribution in [0.1, 0.15) is 5.56 Å². The number of thioether (sulfide) groups is 1. The minimum atomic E-state index is -3.67. The van der Waals surface area contributed by atoms with Crippen molar-refractivity contribution in [2.45, 2.75) is 16.0 Å². The molecule has 0 atom stereocenters. The van der Waals surface area contributed by atoms with Gasteiger partial charge >= 0.3 is 0 Å². The number of halogens is 1.